The van der Waals surface area contributed by atoms with Crippen LogP contribution in [-0.2, 0) is 16.9 Å². The molecule has 1 unspecified atom stereocenters. The van der Waals surface area contributed by atoms with Gasteiger partial charge in [0.1, 0.15) is 29.8 Å². The summed E-state index contributed by atoms with van der Waals surface area (Å²) in [5.41, 5.74) is 0.297. The van der Waals surface area contributed by atoms with Gasteiger partial charge in [-0.3, -0.25) is 0 Å². The zero-order valence-corrected chi connectivity index (χ0v) is 16.7. The van der Waals surface area contributed by atoms with Crippen molar-refractivity contribution in [2.75, 3.05) is 6.61 Å². The van der Waals surface area contributed by atoms with Crippen LogP contribution in [0.5, 0.6) is 11.5 Å². The van der Waals surface area contributed by atoms with Crippen LogP contribution >= 0.6 is 23.2 Å². The van der Waals surface area contributed by atoms with Gasteiger partial charge in [0.2, 0.25) is 0 Å². The number of hydrogen-bond acceptors (Lipinski definition) is 4. The van der Waals surface area contributed by atoms with E-state index in [4.69, 9.17) is 32.7 Å². The van der Waals surface area contributed by atoms with Gasteiger partial charge < -0.3 is 9.47 Å². The highest BCUT2D eigenvalue weighted by molar-refractivity contribution is 6.31. The highest BCUT2D eigenvalue weighted by Crippen LogP contribution is 2.38. The average Bonchev–Trinajstić information content (AvgIpc) is 3.16. The van der Waals surface area contributed by atoms with E-state index < -0.39 is 5.60 Å². The zero-order valence-electron chi connectivity index (χ0n) is 15.2. The molecular weight excluding hydrogens is 385 g/mol. The van der Waals surface area contributed by atoms with Crippen LogP contribution in [0.2, 0.25) is 10.0 Å². The molecule has 0 aliphatic carbocycles. The lowest BCUT2D eigenvalue weighted by Crippen LogP contribution is -2.35. The van der Waals surface area contributed by atoms with Crippen LogP contribution in [0.3, 0.4) is 0 Å². The Balaban J connectivity index is 1.89. The van der Waals surface area contributed by atoms with Crippen molar-refractivity contribution in [2.45, 2.75) is 32.4 Å². The first-order chi connectivity index (χ1) is 13.1. The number of nitrogens with zero attached hydrogens (tertiary/aromatic N) is 3. The van der Waals surface area contributed by atoms with Crippen molar-refractivity contribution in [3.05, 3.63) is 70.7 Å². The molecule has 1 heterocycles. The molecule has 0 saturated carbocycles. The predicted octanol–water partition coefficient (Wildman–Crippen LogP) is 5.72. The second-order valence-corrected chi connectivity index (χ2v) is 6.92. The lowest BCUT2D eigenvalue weighted by atomic mass is 9.90. The van der Waals surface area contributed by atoms with Gasteiger partial charge in [0.25, 0.3) is 0 Å². The van der Waals surface area contributed by atoms with Crippen molar-refractivity contribution in [1.82, 2.24) is 14.8 Å². The first kappa shape index (κ1) is 19.7. The number of halogens is 2. The summed E-state index contributed by atoms with van der Waals surface area (Å²) in [6.45, 7) is 5.12. The Kier molecular flexibility index (Phi) is 6.37. The Bertz CT molecular complexity index is 869. The third-order valence-corrected chi connectivity index (χ3v) is 4.92. The van der Waals surface area contributed by atoms with Gasteiger partial charge in [-0.15, -0.1) is 0 Å². The molecule has 0 radical (unpaired) electrons. The first-order valence-electron chi connectivity index (χ1n) is 8.76. The molecule has 2 aromatic carbocycles. The van der Waals surface area contributed by atoms with Crippen molar-refractivity contribution in [3.63, 3.8) is 0 Å². The number of rotatable bonds is 8. The molecule has 0 spiro atoms. The Labute approximate surface area is 168 Å². The van der Waals surface area contributed by atoms with Crippen molar-refractivity contribution >= 4 is 23.2 Å². The van der Waals surface area contributed by atoms with Crippen molar-refractivity contribution < 1.29 is 9.47 Å². The summed E-state index contributed by atoms with van der Waals surface area (Å²) in [7, 11) is 0. The zero-order chi connectivity index (χ0) is 19.3. The van der Waals surface area contributed by atoms with Crippen LogP contribution < -0.4 is 4.74 Å². The quantitative estimate of drug-likeness (QED) is 0.480. The molecule has 0 saturated heterocycles. The molecule has 142 valence electrons. The lowest BCUT2D eigenvalue weighted by Gasteiger charge is -2.33. The Morgan fingerprint density at radius 2 is 1.78 bits per heavy atom. The molecule has 1 atom stereocenters. The lowest BCUT2D eigenvalue weighted by molar-refractivity contribution is -0.0624. The molecule has 7 heteroatoms. The number of hydrogen-bond donors (Lipinski definition) is 0. The molecule has 0 N–H and O–H groups in total. The Morgan fingerprint density at radius 1 is 1.04 bits per heavy atom. The third kappa shape index (κ3) is 4.61. The molecule has 3 aromatic rings. The minimum atomic E-state index is -0.599. The van der Waals surface area contributed by atoms with E-state index in [1.165, 1.54) is 6.33 Å². The maximum Gasteiger partial charge on any atom is 0.137 e. The largest absolute Gasteiger partial charge is 0.457 e. The molecule has 3 rings (SSSR count). The van der Waals surface area contributed by atoms with Crippen LogP contribution in [0.4, 0.5) is 0 Å². The second kappa shape index (κ2) is 8.74. The summed E-state index contributed by atoms with van der Waals surface area (Å²) in [6.07, 6.45) is 3.92. The molecule has 0 aliphatic heterocycles. The summed E-state index contributed by atoms with van der Waals surface area (Å²) < 4.78 is 13.8. The molecule has 0 fully saturated rings. The molecule has 27 heavy (non-hydrogen) atoms. The van der Waals surface area contributed by atoms with E-state index in [9.17, 15) is 0 Å². The van der Waals surface area contributed by atoms with Gasteiger partial charge in [-0.2, -0.15) is 5.10 Å². The monoisotopic (exact) mass is 405 g/mol. The fraction of sp³-hybridized carbons (Fsp3) is 0.300. The highest BCUT2D eigenvalue weighted by atomic mass is 35.5. The summed E-state index contributed by atoms with van der Waals surface area (Å²) >= 11 is 12.5. The molecule has 0 amide bonds. The molecule has 0 bridgehead atoms. The third-order valence-electron chi connectivity index (χ3n) is 4.36. The van der Waals surface area contributed by atoms with E-state index in [0.717, 1.165) is 12.0 Å². The first-order valence-corrected chi connectivity index (χ1v) is 9.51. The van der Waals surface area contributed by atoms with Gasteiger partial charge in [-0.25, -0.2) is 9.67 Å². The molecular formula is C20H21Cl2N3O2. The van der Waals surface area contributed by atoms with Crippen molar-refractivity contribution in [1.29, 1.82) is 0 Å². The average molecular weight is 406 g/mol. The summed E-state index contributed by atoms with van der Waals surface area (Å²) in [5.74, 6) is 1.34. The van der Waals surface area contributed by atoms with E-state index >= 15 is 0 Å². The van der Waals surface area contributed by atoms with Crippen LogP contribution in [-0.4, -0.2) is 21.4 Å². The summed E-state index contributed by atoms with van der Waals surface area (Å²) in [4.78, 5) is 4.02. The van der Waals surface area contributed by atoms with E-state index in [1.54, 1.807) is 29.2 Å². The molecule has 1 aromatic heterocycles. The van der Waals surface area contributed by atoms with Crippen LogP contribution in [0.1, 0.15) is 25.8 Å². The number of aromatic nitrogens is 3. The standard InChI is InChI=1S/C20H21Cl2N3O2/c1-3-20(26-4-2,12-25-14-23-13-24-25)18-10-9-17(11-19(18)22)27-16-7-5-15(21)6-8-16/h5-11,13-14H,3-4,12H2,1-2H3. The van der Waals surface area contributed by atoms with Gasteiger partial charge in [-0.05, 0) is 49.7 Å². The van der Waals surface area contributed by atoms with E-state index in [2.05, 4.69) is 17.0 Å². The molecule has 5 nitrogen and oxygen atoms in total. The van der Waals surface area contributed by atoms with Gasteiger partial charge >= 0.3 is 0 Å². The molecule has 0 aliphatic rings. The van der Waals surface area contributed by atoms with Gasteiger partial charge in [0.15, 0.2) is 0 Å². The fourth-order valence-electron chi connectivity index (χ4n) is 3.03. The minimum absolute atomic E-state index is 0.522. The SMILES string of the molecule is CCOC(CC)(Cn1cncn1)c1ccc(Oc2ccc(Cl)cc2)cc1Cl. The van der Waals surface area contributed by atoms with Crippen molar-refractivity contribution in [3.8, 4) is 11.5 Å². The Hall–Kier alpha value is -2.08. The number of benzene rings is 2. The van der Waals surface area contributed by atoms with Gasteiger partial charge in [0.05, 0.1) is 11.6 Å². The fourth-order valence-corrected chi connectivity index (χ4v) is 3.50. The smallest absolute Gasteiger partial charge is 0.137 e. The van der Waals surface area contributed by atoms with E-state index in [-0.39, 0.29) is 0 Å². The highest BCUT2D eigenvalue weighted by Gasteiger charge is 2.34. The van der Waals surface area contributed by atoms with Gasteiger partial charge in [-0.1, -0.05) is 36.2 Å². The maximum absolute atomic E-state index is 6.63. The summed E-state index contributed by atoms with van der Waals surface area (Å²) in [5, 5.41) is 5.45. The normalized spacial score (nSPS) is 13.3. The topological polar surface area (TPSA) is 49.2 Å². The predicted molar refractivity (Wildman–Crippen MR) is 107 cm³/mol. The second-order valence-electron chi connectivity index (χ2n) is 6.07. The van der Waals surface area contributed by atoms with E-state index in [0.29, 0.717) is 34.7 Å². The van der Waals surface area contributed by atoms with Crippen LogP contribution in [0.25, 0.3) is 0 Å². The Morgan fingerprint density at radius 3 is 2.37 bits per heavy atom. The van der Waals surface area contributed by atoms with Crippen LogP contribution in [0, 0.1) is 0 Å². The van der Waals surface area contributed by atoms with Crippen molar-refractivity contribution in [2.24, 2.45) is 0 Å². The minimum Gasteiger partial charge on any atom is -0.457 e. The number of ether oxygens (including phenoxy) is 2. The van der Waals surface area contributed by atoms with E-state index in [1.807, 2.05) is 31.2 Å². The summed E-state index contributed by atoms with van der Waals surface area (Å²) in [6, 6.07) is 12.8. The van der Waals surface area contributed by atoms with Crippen LogP contribution in [0.15, 0.2) is 55.1 Å². The van der Waals surface area contributed by atoms with Gasteiger partial charge in [0, 0.05) is 17.2 Å². The maximum atomic E-state index is 6.63.